The number of amides is 8. The summed E-state index contributed by atoms with van der Waals surface area (Å²) < 4.78 is 0. The van der Waals surface area contributed by atoms with Crippen molar-refractivity contribution >= 4 is 70.6 Å². The Labute approximate surface area is 341 Å². The number of carboxylic acid groups (broad SMARTS) is 1. The fourth-order valence-corrected chi connectivity index (χ4v) is 8.18. The summed E-state index contributed by atoms with van der Waals surface area (Å²) in [5.74, 6) is -5.46. The van der Waals surface area contributed by atoms with E-state index in [9.17, 15) is 43.5 Å². The van der Waals surface area contributed by atoms with Crippen LogP contribution in [-0.4, -0.2) is 98.8 Å². The number of para-hydroxylation sites is 1. The van der Waals surface area contributed by atoms with Gasteiger partial charge in [0.25, 0.3) is 0 Å². The minimum Gasteiger partial charge on any atom is -0.481 e. The van der Waals surface area contributed by atoms with Crippen LogP contribution in [-0.2, 0) is 40.0 Å². The quantitative estimate of drug-likeness (QED) is 0.103. The number of nitrogens with one attached hydrogen (secondary N) is 6. The molecule has 2 fully saturated rings. The first-order valence-electron chi connectivity index (χ1n) is 19.5. The molecule has 18 heteroatoms. The van der Waals surface area contributed by atoms with Gasteiger partial charge < -0.3 is 47.6 Å². The van der Waals surface area contributed by atoms with Gasteiger partial charge in [-0.1, -0.05) is 70.4 Å². The maximum atomic E-state index is 13.7. The fourth-order valence-electron chi connectivity index (χ4n) is 6.73. The van der Waals surface area contributed by atoms with E-state index >= 15 is 0 Å². The molecule has 2 aliphatic heterocycles. The van der Waals surface area contributed by atoms with E-state index in [0.717, 1.165) is 5.56 Å². The van der Waals surface area contributed by atoms with Gasteiger partial charge in [0.15, 0.2) is 0 Å². The monoisotopic (exact) mass is 822 g/mol. The lowest BCUT2D eigenvalue weighted by Gasteiger charge is -2.37. The highest BCUT2D eigenvalue weighted by Crippen LogP contribution is 2.36. The number of anilines is 2. The molecule has 2 saturated heterocycles. The standard InChI is InChI=1S/C40H54N8O9S/c1-5-7-11-27(43-31(49)19-24-13-15-25(16-14-24)42-40(57)46-26-12-9-8-10-23(26)4)36(53)45-29(20-33(50)51)37(54)47-34(22(3)6-2)38(55)44-28-17-18-32-48(39(28)56)30(21-58-32)35(41)52/h8-10,12-16,22,27-30,32,34H,5-7,11,17-21H2,1-4H3,(H2,41,52)(H,43,49)(H,44,55)(H,45,53)(H,47,54)(H,50,51)(H2,42,46,57)/t22-,27-,28?,29-,30-,32-,34-/m0/s1. The van der Waals surface area contributed by atoms with Crippen LogP contribution in [0.5, 0.6) is 0 Å². The number of carboxylic acids is 1. The van der Waals surface area contributed by atoms with Gasteiger partial charge in [0.1, 0.15) is 30.2 Å². The summed E-state index contributed by atoms with van der Waals surface area (Å²) in [5.41, 5.74) is 8.17. The molecule has 0 saturated carbocycles. The van der Waals surface area contributed by atoms with Crippen LogP contribution >= 0.6 is 11.8 Å². The first-order valence-corrected chi connectivity index (χ1v) is 20.5. The summed E-state index contributed by atoms with van der Waals surface area (Å²) in [5, 5.41) is 25.4. The highest BCUT2D eigenvalue weighted by Gasteiger charge is 2.47. The normalized spacial score (nSPS) is 19.3. The van der Waals surface area contributed by atoms with Gasteiger partial charge in [0.05, 0.1) is 18.2 Å². The minimum atomic E-state index is -1.61. The Hall–Kier alpha value is -5.65. The van der Waals surface area contributed by atoms with Gasteiger partial charge in [-0.3, -0.25) is 33.6 Å². The third-order valence-corrected chi connectivity index (χ3v) is 11.6. The molecule has 17 nitrogen and oxygen atoms in total. The second-order valence-corrected chi connectivity index (χ2v) is 15.9. The Morgan fingerprint density at radius 1 is 0.897 bits per heavy atom. The third-order valence-electron chi connectivity index (χ3n) is 10.3. The number of hydrogen-bond acceptors (Lipinski definition) is 9. The largest absolute Gasteiger partial charge is 0.481 e. The molecular weight excluding hydrogens is 769 g/mol. The first kappa shape index (κ1) is 45.1. The predicted molar refractivity (Wildman–Crippen MR) is 218 cm³/mol. The number of unbranched alkanes of at least 4 members (excludes halogenated alkanes) is 1. The minimum absolute atomic E-state index is 0.111. The van der Waals surface area contributed by atoms with Crippen LogP contribution in [0, 0.1) is 12.8 Å². The number of carbonyl (C=O) groups excluding carboxylic acids is 7. The van der Waals surface area contributed by atoms with E-state index in [0.29, 0.717) is 54.8 Å². The zero-order chi connectivity index (χ0) is 42.5. The van der Waals surface area contributed by atoms with Gasteiger partial charge in [-0.15, -0.1) is 11.8 Å². The Morgan fingerprint density at radius 3 is 2.22 bits per heavy atom. The first-order chi connectivity index (χ1) is 27.6. The lowest BCUT2D eigenvalue weighted by atomic mass is 9.96. The predicted octanol–water partition coefficient (Wildman–Crippen LogP) is 2.38. The molecule has 9 N–H and O–H groups in total. The van der Waals surface area contributed by atoms with Crippen LogP contribution in [0.3, 0.4) is 0 Å². The van der Waals surface area contributed by atoms with E-state index < -0.39 is 90.0 Å². The van der Waals surface area contributed by atoms with Crippen molar-refractivity contribution in [3.63, 3.8) is 0 Å². The van der Waals surface area contributed by atoms with Crippen molar-refractivity contribution in [3.05, 3.63) is 59.7 Å². The topological polar surface area (TPSA) is 258 Å². The summed E-state index contributed by atoms with van der Waals surface area (Å²) in [6.07, 6.45) is 1.75. The van der Waals surface area contributed by atoms with Crippen LogP contribution in [0.25, 0.3) is 0 Å². The van der Waals surface area contributed by atoms with Crippen molar-refractivity contribution in [3.8, 4) is 0 Å². The van der Waals surface area contributed by atoms with Gasteiger partial charge in [-0.05, 0) is 61.4 Å². The summed E-state index contributed by atoms with van der Waals surface area (Å²) >= 11 is 1.45. The summed E-state index contributed by atoms with van der Waals surface area (Å²) in [6.45, 7) is 7.27. The van der Waals surface area contributed by atoms with E-state index in [1.807, 2.05) is 32.0 Å². The second kappa shape index (κ2) is 21.2. The molecule has 4 rings (SSSR count). The molecule has 2 aliphatic rings. The molecule has 7 atom stereocenters. The number of piperidine rings is 1. The van der Waals surface area contributed by atoms with Crippen molar-refractivity contribution in [2.45, 2.75) is 115 Å². The zero-order valence-electron chi connectivity index (χ0n) is 33.2. The van der Waals surface area contributed by atoms with E-state index in [1.165, 1.54) is 16.7 Å². The molecule has 2 heterocycles. The van der Waals surface area contributed by atoms with Gasteiger partial charge >= 0.3 is 12.0 Å². The molecule has 0 radical (unpaired) electrons. The summed E-state index contributed by atoms with van der Waals surface area (Å²) in [4.78, 5) is 105. The molecule has 0 spiro atoms. The highest BCUT2D eigenvalue weighted by atomic mass is 32.2. The van der Waals surface area contributed by atoms with Gasteiger partial charge in [-0.25, -0.2) is 4.79 Å². The SMILES string of the molecule is CCCC[C@H](NC(=O)Cc1ccc(NC(=O)Nc2ccccc2C)cc1)C(=O)N[C@@H](CC(=O)O)C(=O)N[C@H](C(=O)NC1CC[C@@H]2SC[C@@H](C(N)=O)N2C1=O)[C@@H](C)CC. The molecule has 0 bridgehead atoms. The molecule has 2 aromatic rings. The number of urea groups is 1. The number of thioether (sulfide) groups is 1. The van der Waals surface area contributed by atoms with Crippen LogP contribution in [0.4, 0.5) is 16.2 Å². The number of rotatable bonds is 19. The number of carbonyl (C=O) groups is 8. The van der Waals surface area contributed by atoms with Crippen molar-refractivity contribution in [2.75, 3.05) is 16.4 Å². The summed E-state index contributed by atoms with van der Waals surface area (Å²) in [6, 6.07) is 7.82. The lowest BCUT2D eigenvalue weighted by Crippen LogP contribution is -2.62. The third kappa shape index (κ3) is 12.4. The average Bonchev–Trinajstić information content (AvgIpc) is 3.63. The molecule has 2 aromatic carbocycles. The van der Waals surface area contributed by atoms with Gasteiger partial charge in [0.2, 0.25) is 35.4 Å². The molecule has 0 aliphatic carbocycles. The number of primary amides is 1. The number of hydrogen-bond donors (Lipinski definition) is 8. The van der Waals surface area contributed by atoms with E-state index in [-0.39, 0.29) is 18.2 Å². The smallest absolute Gasteiger partial charge is 0.323 e. The number of aliphatic carboxylic acids is 1. The zero-order valence-corrected chi connectivity index (χ0v) is 34.0. The Bertz CT molecular complexity index is 1840. The summed E-state index contributed by atoms with van der Waals surface area (Å²) in [7, 11) is 0. The number of aryl methyl sites for hydroxylation is 1. The Morgan fingerprint density at radius 2 is 1.59 bits per heavy atom. The van der Waals surface area contributed by atoms with Gasteiger partial charge in [0, 0.05) is 17.1 Å². The second-order valence-electron chi connectivity index (χ2n) is 14.7. The average molecular weight is 823 g/mol. The molecular formula is C40H54N8O9S. The van der Waals surface area contributed by atoms with Gasteiger partial charge in [-0.2, -0.15) is 0 Å². The Kier molecular flexibility index (Phi) is 16.5. The molecule has 8 amide bonds. The maximum Gasteiger partial charge on any atom is 0.323 e. The highest BCUT2D eigenvalue weighted by molar-refractivity contribution is 8.00. The number of benzene rings is 2. The molecule has 1 unspecified atom stereocenters. The van der Waals surface area contributed by atoms with E-state index in [4.69, 9.17) is 5.73 Å². The fraction of sp³-hybridized carbons (Fsp3) is 0.500. The van der Waals surface area contributed by atoms with Crippen molar-refractivity contribution < 1.29 is 43.5 Å². The van der Waals surface area contributed by atoms with Crippen LogP contribution in [0.15, 0.2) is 48.5 Å². The van der Waals surface area contributed by atoms with Crippen molar-refractivity contribution in [1.82, 2.24) is 26.2 Å². The maximum absolute atomic E-state index is 13.7. The van der Waals surface area contributed by atoms with Crippen molar-refractivity contribution in [2.24, 2.45) is 11.7 Å². The van der Waals surface area contributed by atoms with Crippen molar-refractivity contribution in [1.29, 1.82) is 0 Å². The Balaban J connectivity index is 1.38. The van der Waals surface area contributed by atoms with E-state index in [2.05, 4.69) is 31.9 Å². The van der Waals surface area contributed by atoms with Crippen LogP contribution in [0.1, 0.15) is 76.8 Å². The number of fused-ring (bicyclic) bond motifs is 1. The molecule has 58 heavy (non-hydrogen) atoms. The van der Waals surface area contributed by atoms with Crippen LogP contribution < -0.4 is 37.6 Å². The lowest BCUT2D eigenvalue weighted by molar-refractivity contribution is -0.145. The van der Waals surface area contributed by atoms with Crippen LogP contribution in [0.2, 0.25) is 0 Å². The molecule has 0 aromatic heterocycles. The number of nitrogens with two attached hydrogens (primary N) is 1. The number of nitrogens with zero attached hydrogens (tertiary/aromatic N) is 1. The van der Waals surface area contributed by atoms with E-state index in [1.54, 1.807) is 44.2 Å². The molecule has 314 valence electrons.